The first-order valence-corrected chi connectivity index (χ1v) is 6.06. The molecule has 0 spiro atoms. The van der Waals surface area contributed by atoms with Crippen LogP contribution in [0.4, 0.5) is 5.82 Å². The van der Waals surface area contributed by atoms with Crippen LogP contribution in [0.3, 0.4) is 0 Å². The minimum Gasteiger partial charge on any atom is -0.392 e. The Kier molecular flexibility index (Phi) is 4.07. The lowest BCUT2D eigenvalue weighted by molar-refractivity contribution is 0.122. The lowest BCUT2D eigenvalue weighted by atomic mass is 10.3. The lowest BCUT2D eigenvalue weighted by Crippen LogP contribution is -2.48. The number of piperazine rings is 1. The van der Waals surface area contributed by atoms with Crippen molar-refractivity contribution in [2.45, 2.75) is 13.0 Å². The van der Waals surface area contributed by atoms with Gasteiger partial charge in [0.15, 0.2) is 5.69 Å². The Hall–Kier alpha value is -1.71. The highest BCUT2D eigenvalue weighted by Gasteiger charge is 2.18. The molecular formula is C12H17N5O. The first-order valence-electron chi connectivity index (χ1n) is 6.06. The fourth-order valence-corrected chi connectivity index (χ4v) is 2.08. The molecule has 1 aliphatic heterocycles. The minimum atomic E-state index is -0.286. The predicted octanol–water partition coefficient (Wildman–Crippen LogP) is -0.149. The van der Waals surface area contributed by atoms with E-state index in [0.717, 1.165) is 32.0 Å². The second-order valence-corrected chi connectivity index (χ2v) is 4.51. The summed E-state index contributed by atoms with van der Waals surface area (Å²) in [6.45, 7) is 6.07. The third-order valence-corrected chi connectivity index (χ3v) is 2.97. The third kappa shape index (κ3) is 3.15. The summed E-state index contributed by atoms with van der Waals surface area (Å²) in [6, 6.07) is 1.96. The van der Waals surface area contributed by atoms with Crippen LogP contribution in [0.2, 0.25) is 0 Å². The van der Waals surface area contributed by atoms with Gasteiger partial charge >= 0.3 is 0 Å². The second kappa shape index (κ2) is 5.76. The summed E-state index contributed by atoms with van der Waals surface area (Å²) < 4.78 is 0. The van der Waals surface area contributed by atoms with Gasteiger partial charge in [-0.3, -0.25) is 4.90 Å². The number of aliphatic hydroxyl groups is 1. The van der Waals surface area contributed by atoms with Crippen LogP contribution in [0.25, 0.3) is 0 Å². The average molecular weight is 247 g/mol. The number of aromatic nitrogens is 2. The summed E-state index contributed by atoms with van der Waals surface area (Å²) in [5.41, 5.74) is 0.339. The smallest absolute Gasteiger partial charge is 0.158 e. The van der Waals surface area contributed by atoms with E-state index < -0.39 is 0 Å². The molecule has 0 radical (unpaired) electrons. The van der Waals surface area contributed by atoms with E-state index >= 15 is 0 Å². The summed E-state index contributed by atoms with van der Waals surface area (Å²) in [5.74, 6) is 0.811. The molecule has 6 nitrogen and oxygen atoms in total. The van der Waals surface area contributed by atoms with Crippen LogP contribution >= 0.6 is 0 Å². The number of nitrogens with zero attached hydrogens (tertiary/aromatic N) is 5. The third-order valence-electron chi connectivity index (χ3n) is 2.97. The molecule has 0 aliphatic carbocycles. The molecule has 0 aromatic carbocycles. The zero-order valence-corrected chi connectivity index (χ0v) is 10.5. The van der Waals surface area contributed by atoms with E-state index in [1.54, 1.807) is 13.1 Å². The van der Waals surface area contributed by atoms with Crippen molar-refractivity contribution in [1.29, 1.82) is 5.26 Å². The van der Waals surface area contributed by atoms with E-state index in [1.165, 1.54) is 6.20 Å². The van der Waals surface area contributed by atoms with Gasteiger partial charge < -0.3 is 10.0 Å². The van der Waals surface area contributed by atoms with E-state index in [2.05, 4.69) is 19.8 Å². The number of hydrogen-bond donors (Lipinski definition) is 1. The second-order valence-electron chi connectivity index (χ2n) is 4.51. The van der Waals surface area contributed by atoms with Gasteiger partial charge in [0.2, 0.25) is 0 Å². The van der Waals surface area contributed by atoms with Crippen molar-refractivity contribution in [3.63, 3.8) is 0 Å². The van der Waals surface area contributed by atoms with E-state index in [9.17, 15) is 5.11 Å². The first kappa shape index (κ1) is 12.7. The molecule has 0 unspecified atom stereocenters. The Labute approximate surface area is 106 Å². The molecule has 1 aliphatic rings. The maximum atomic E-state index is 9.34. The Morgan fingerprint density at radius 1 is 1.33 bits per heavy atom. The fourth-order valence-electron chi connectivity index (χ4n) is 2.08. The summed E-state index contributed by atoms with van der Waals surface area (Å²) in [4.78, 5) is 12.6. The Morgan fingerprint density at radius 2 is 2.06 bits per heavy atom. The van der Waals surface area contributed by atoms with Crippen LogP contribution in [0.1, 0.15) is 12.6 Å². The fraction of sp³-hybridized carbons (Fsp3) is 0.583. The normalized spacial score (nSPS) is 18.4. The first-order chi connectivity index (χ1) is 8.69. The van der Waals surface area contributed by atoms with E-state index in [0.29, 0.717) is 12.2 Å². The van der Waals surface area contributed by atoms with Crippen molar-refractivity contribution in [2.24, 2.45) is 0 Å². The van der Waals surface area contributed by atoms with Gasteiger partial charge in [-0.2, -0.15) is 5.26 Å². The van der Waals surface area contributed by atoms with E-state index in [4.69, 9.17) is 5.26 Å². The van der Waals surface area contributed by atoms with Crippen LogP contribution in [-0.2, 0) is 0 Å². The van der Waals surface area contributed by atoms with Crippen molar-refractivity contribution in [1.82, 2.24) is 14.9 Å². The number of anilines is 1. The summed E-state index contributed by atoms with van der Waals surface area (Å²) in [5, 5.41) is 18.0. The number of β-amino-alcohol motifs (C(OH)–C–C–N with tert-alkyl or cyclic N) is 1. The van der Waals surface area contributed by atoms with Crippen LogP contribution in [-0.4, -0.2) is 58.8 Å². The molecule has 1 aromatic rings. The van der Waals surface area contributed by atoms with Gasteiger partial charge in [0.25, 0.3) is 0 Å². The highest BCUT2D eigenvalue weighted by molar-refractivity contribution is 5.37. The summed E-state index contributed by atoms with van der Waals surface area (Å²) in [7, 11) is 0. The zero-order chi connectivity index (χ0) is 13.0. The highest BCUT2D eigenvalue weighted by Crippen LogP contribution is 2.12. The highest BCUT2D eigenvalue weighted by atomic mass is 16.3. The minimum absolute atomic E-state index is 0.286. The molecule has 1 aromatic heterocycles. The number of hydrogen-bond acceptors (Lipinski definition) is 6. The molecule has 0 saturated carbocycles. The molecule has 18 heavy (non-hydrogen) atoms. The molecule has 2 heterocycles. The summed E-state index contributed by atoms with van der Waals surface area (Å²) in [6.07, 6.45) is 2.85. The van der Waals surface area contributed by atoms with Crippen molar-refractivity contribution in [3.05, 3.63) is 18.1 Å². The van der Waals surface area contributed by atoms with Crippen molar-refractivity contribution in [3.8, 4) is 6.07 Å². The number of rotatable bonds is 3. The average Bonchev–Trinajstić information content (AvgIpc) is 2.39. The number of aliphatic hydroxyl groups excluding tert-OH is 1. The van der Waals surface area contributed by atoms with Gasteiger partial charge in [-0.25, -0.2) is 9.97 Å². The van der Waals surface area contributed by atoms with Gasteiger partial charge in [-0.15, -0.1) is 0 Å². The molecule has 96 valence electrons. The lowest BCUT2D eigenvalue weighted by Gasteiger charge is -2.35. The molecule has 0 bridgehead atoms. The maximum Gasteiger partial charge on any atom is 0.158 e. The van der Waals surface area contributed by atoms with Crippen molar-refractivity contribution >= 4 is 5.82 Å². The van der Waals surface area contributed by atoms with Gasteiger partial charge in [-0.1, -0.05) is 0 Å². The molecule has 1 atom stereocenters. The van der Waals surface area contributed by atoms with Crippen molar-refractivity contribution in [2.75, 3.05) is 37.6 Å². The van der Waals surface area contributed by atoms with Crippen LogP contribution in [0, 0.1) is 11.3 Å². The topological polar surface area (TPSA) is 76.3 Å². The largest absolute Gasteiger partial charge is 0.392 e. The Morgan fingerprint density at radius 3 is 2.56 bits per heavy atom. The van der Waals surface area contributed by atoms with E-state index in [-0.39, 0.29) is 6.10 Å². The van der Waals surface area contributed by atoms with E-state index in [1.807, 2.05) is 6.07 Å². The SMILES string of the molecule is C[C@@H](O)CN1CCN(c2cnc(C#N)cn2)CC1. The molecule has 6 heteroatoms. The van der Waals surface area contributed by atoms with Gasteiger partial charge in [-0.05, 0) is 6.92 Å². The molecular weight excluding hydrogens is 230 g/mol. The number of nitriles is 1. The molecule has 1 N–H and O–H groups in total. The van der Waals surface area contributed by atoms with Crippen LogP contribution < -0.4 is 4.90 Å². The van der Waals surface area contributed by atoms with Gasteiger partial charge in [0, 0.05) is 32.7 Å². The zero-order valence-electron chi connectivity index (χ0n) is 10.5. The monoisotopic (exact) mass is 247 g/mol. The maximum absolute atomic E-state index is 9.34. The predicted molar refractivity (Wildman–Crippen MR) is 67.1 cm³/mol. The molecule has 2 rings (SSSR count). The quantitative estimate of drug-likeness (QED) is 0.800. The molecule has 1 saturated heterocycles. The molecule has 1 fully saturated rings. The standard InChI is InChI=1S/C12H17N5O/c1-10(18)9-16-2-4-17(5-3-16)12-8-14-11(6-13)7-15-12/h7-8,10,18H,2-5,9H2,1H3/t10-/m1/s1. The van der Waals surface area contributed by atoms with Gasteiger partial charge in [0.1, 0.15) is 11.9 Å². The summed E-state index contributed by atoms with van der Waals surface area (Å²) >= 11 is 0. The Bertz CT molecular complexity index is 417. The van der Waals surface area contributed by atoms with Crippen LogP contribution in [0.5, 0.6) is 0 Å². The Balaban J connectivity index is 1.91. The molecule has 0 amide bonds. The van der Waals surface area contributed by atoms with Gasteiger partial charge in [0.05, 0.1) is 18.5 Å². The van der Waals surface area contributed by atoms with Crippen LogP contribution in [0.15, 0.2) is 12.4 Å². The van der Waals surface area contributed by atoms with Crippen molar-refractivity contribution < 1.29 is 5.11 Å².